The van der Waals surface area contributed by atoms with E-state index in [1.165, 1.54) is 0 Å². The van der Waals surface area contributed by atoms with E-state index in [0.29, 0.717) is 37.0 Å². The van der Waals surface area contributed by atoms with E-state index < -0.39 is 5.91 Å². The number of carbonyl (C=O) groups excluding carboxylic acids is 1. The molecule has 0 aliphatic rings. The van der Waals surface area contributed by atoms with Crippen LogP contribution < -0.4 is 14.8 Å². The van der Waals surface area contributed by atoms with Crippen LogP contribution in [0.2, 0.25) is 0 Å². The molecule has 0 saturated carbocycles. The van der Waals surface area contributed by atoms with Crippen LogP contribution in [0.15, 0.2) is 78.4 Å². The summed E-state index contributed by atoms with van der Waals surface area (Å²) in [6.45, 7) is 7.38. The van der Waals surface area contributed by atoms with E-state index in [1.807, 2.05) is 73.7 Å². The Morgan fingerprint density at radius 3 is 2.35 bits per heavy atom. The second-order valence-electron chi connectivity index (χ2n) is 8.27. The predicted molar refractivity (Wildman–Crippen MR) is 135 cm³/mol. The van der Waals surface area contributed by atoms with E-state index in [1.54, 1.807) is 6.08 Å². The van der Waals surface area contributed by atoms with Gasteiger partial charge in [-0.3, -0.25) is 4.79 Å². The highest BCUT2D eigenvalue weighted by Gasteiger charge is 2.11. The van der Waals surface area contributed by atoms with Crippen molar-refractivity contribution < 1.29 is 14.3 Å². The number of rotatable bonds is 10. The zero-order chi connectivity index (χ0) is 24.3. The maximum absolute atomic E-state index is 12.5. The van der Waals surface area contributed by atoms with Gasteiger partial charge in [0.15, 0.2) is 0 Å². The molecular weight excluding hydrogens is 424 g/mol. The number of benzene rings is 3. The fraction of sp³-hybridized carbons (Fsp3) is 0.241. The van der Waals surface area contributed by atoms with Gasteiger partial charge in [0.2, 0.25) is 0 Å². The molecule has 0 heterocycles. The van der Waals surface area contributed by atoms with Gasteiger partial charge in [-0.25, -0.2) is 0 Å². The van der Waals surface area contributed by atoms with Gasteiger partial charge in [0.1, 0.15) is 36.4 Å². The number of nitrogens with zero attached hydrogens (tertiary/aromatic N) is 1. The quantitative estimate of drug-likeness (QED) is 0.239. The number of amides is 1. The Morgan fingerprint density at radius 2 is 1.65 bits per heavy atom. The second-order valence-corrected chi connectivity index (χ2v) is 8.27. The molecule has 1 amide bonds. The number of hydrogen-bond donors (Lipinski definition) is 1. The molecule has 5 nitrogen and oxygen atoms in total. The highest BCUT2D eigenvalue weighted by atomic mass is 16.5. The zero-order valence-corrected chi connectivity index (χ0v) is 19.9. The Hall–Kier alpha value is -4.04. The SMILES string of the molecule is Cc1ccc(C(C)C)c(OCCOc2ccccc2/C=C(\C#N)C(=O)NCc2ccccc2)c1. The van der Waals surface area contributed by atoms with Gasteiger partial charge in [-0.2, -0.15) is 5.26 Å². The van der Waals surface area contributed by atoms with Gasteiger partial charge in [0, 0.05) is 12.1 Å². The lowest BCUT2D eigenvalue weighted by Gasteiger charge is -2.15. The first-order valence-electron chi connectivity index (χ1n) is 11.4. The number of nitrogens with one attached hydrogen (secondary N) is 1. The van der Waals surface area contributed by atoms with Gasteiger partial charge in [-0.05, 0) is 47.7 Å². The number of nitriles is 1. The van der Waals surface area contributed by atoms with Crippen LogP contribution in [0.3, 0.4) is 0 Å². The van der Waals surface area contributed by atoms with E-state index in [0.717, 1.165) is 22.4 Å². The molecule has 174 valence electrons. The van der Waals surface area contributed by atoms with Gasteiger partial charge in [0.05, 0.1) is 0 Å². The number of hydrogen-bond acceptors (Lipinski definition) is 4. The van der Waals surface area contributed by atoms with Crippen molar-refractivity contribution in [2.45, 2.75) is 33.2 Å². The minimum atomic E-state index is -0.426. The lowest BCUT2D eigenvalue weighted by Crippen LogP contribution is -2.23. The Balaban J connectivity index is 1.62. The topological polar surface area (TPSA) is 71.3 Å². The third-order valence-electron chi connectivity index (χ3n) is 5.27. The number of ether oxygens (including phenoxy) is 2. The molecule has 0 radical (unpaired) electrons. The van der Waals surface area contributed by atoms with E-state index in [-0.39, 0.29) is 5.57 Å². The molecule has 0 aliphatic carbocycles. The lowest BCUT2D eigenvalue weighted by molar-refractivity contribution is -0.117. The Morgan fingerprint density at radius 1 is 0.971 bits per heavy atom. The van der Waals surface area contributed by atoms with Crippen LogP contribution in [-0.2, 0) is 11.3 Å². The molecule has 3 aromatic rings. The Kier molecular flexibility index (Phi) is 8.88. The molecule has 0 aromatic heterocycles. The molecular formula is C29H30N2O3. The van der Waals surface area contributed by atoms with Crippen LogP contribution in [0.5, 0.6) is 11.5 Å². The van der Waals surface area contributed by atoms with Crippen LogP contribution in [0, 0.1) is 18.3 Å². The first-order chi connectivity index (χ1) is 16.5. The van der Waals surface area contributed by atoms with Crippen molar-refractivity contribution in [1.29, 1.82) is 5.26 Å². The summed E-state index contributed by atoms with van der Waals surface area (Å²) in [5.41, 5.74) is 3.95. The fourth-order valence-electron chi connectivity index (χ4n) is 3.46. The van der Waals surface area contributed by atoms with E-state index >= 15 is 0 Å². The highest BCUT2D eigenvalue weighted by Crippen LogP contribution is 2.27. The normalized spacial score (nSPS) is 11.1. The second kappa shape index (κ2) is 12.3. The maximum atomic E-state index is 12.5. The molecule has 0 atom stereocenters. The minimum Gasteiger partial charge on any atom is -0.490 e. The van der Waals surface area contributed by atoms with Gasteiger partial charge >= 0.3 is 0 Å². The first-order valence-corrected chi connectivity index (χ1v) is 11.4. The number of carbonyl (C=O) groups is 1. The summed E-state index contributed by atoms with van der Waals surface area (Å²) < 4.78 is 11.9. The van der Waals surface area contributed by atoms with Crippen LogP contribution in [0.4, 0.5) is 0 Å². The van der Waals surface area contributed by atoms with Gasteiger partial charge < -0.3 is 14.8 Å². The molecule has 0 spiro atoms. The summed E-state index contributed by atoms with van der Waals surface area (Å²) >= 11 is 0. The third kappa shape index (κ3) is 6.98. The molecule has 3 aromatic carbocycles. The fourth-order valence-corrected chi connectivity index (χ4v) is 3.46. The average molecular weight is 455 g/mol. The smallest absolute Gasteiger partial charge is 0.262 e. The van der Waals surface area contributed by atoms with Gasteiger partial charge in [-0.15, -0.1) is 0 Å². The lowest BCUT2D eigenvalue weighted by atomic mass is 10.0. The summed E-state index contributed by atoms with van der Waals surface area (Å²) in [7, 11) is 0. The van der Waals surface area contributed by atoms with Crippen LogP contribution >= 0.6 is 0 Å². The molecule has 0 aliphatic heterocycles. The van der Waals surface area contributed by atoms with Crippen molar-refractivity contribution in [3.05, 3.63) is 101 Å². The van der Waals surface area contributed by atoms with Crippen LogP contribution in [0.1, 0.15) is 42.0 Å². The van der Waals surface area contributed by atoms with Crippen molar-refractivity contribution >= 4 is 12.0 Å². The van der Waals surface area contributed by atoms with Gasteiger partial charge in [0.25, 0.3) is 5.91 Å². The molecule has 34 heavy (non-hydrogen) atoms. The Bertz CT molecular complexity index is 1180. The minimum absolute atomic E-state index is 0.0181. The molecule has 0 bridgehead atoms. The van der Waals surface area contributed by atoms with Gasteiger partial charge in [-0.1, -0.05) is 74.5 Å². The monoisotopic (exact) mass is 454 g/mol. The highest BCUT2D eigenvalue weighted by molar-refractivity contribution is 6.01. The number of aryl methyl sites for hydroxylation is 1. The van der Waals surface area contributed by atoms with E-state index in [9.17, 15) is 10.1 Å². The van der Waals surface area contributed by atoms with Crippen molar-refractivity contribution in [3.8, 4) is 17.6 Å². The van der Waals surface area contributed by atoms with E-state index in [2.05, 4.69) is 31.3 Å². The van der Waals surface area contributed by atoms with Crippen LogP contribution in [0.25, 0.3) is 6.08 Å². The Labute approximate surface area is 201 Å². The maximum Gasteiger partial charge on any atom is 0.262 e. The van der Waals surface area contributed by atoms with Crippen molar-refractivity contribution in [3.63, 3.8) is 0 Å². The molecule has 5 heteroatoms. The van der Waals surface area contributed by atoms with Crippen molar-refractivity contribution in [2.24, 2.45) is 0 Å². The van der Waals surface area contributed by atoms with Crippen molar-refractivity contribution in [1.82, 2.24) is 5.32 Å². The van der Waals surface area contributed by atoms with E-state index in [4.69, 9.17) is 9.47 Å². The molecule has 3 rings (SSSR count). The largest absolute Gasteiger partial charge is 0.490 e. The molecule has 0 fully saturated rings. The number of para-hydroxylation sites is 1. The summed E-state index contributed by atoms with van der Waals surface area (Å²) in [5, 5.41) is 12.3. The first kappa shape index (κ1) is 24.6. The standard InChI is InChI=1S/C29H30N2O3/c1-21(2)26-14-13-22(3)17-28(26)34-16-15-33-27-12-8-7-11-24(27)18-25(19-30)29(32)31-20-23-9-5-4-6-10-23/h4-14,17-18,21H,15-16,20H2,1-3H3,(H,31,32)/b25-18+. The predicted octanol–water partition coefficient (Wildman–Crippen LogP) is 5.80. The zero-order valence-electron chi connectivity index (χ0n) is 19.9. The summed E-state index contributed by atoms with van der Waals surface area (Å²) in [6, 6.07) is 25.1. The van der Waals surface area contributed by atoms with Crippen molar-refractivity contribution in [2.75, 3.05) is 13.2 Å². The molecule has 1 N–H and O–H groups in total. The molecule has 0 saturated heterocycles. The summed E-state index contributed by atoms with van der Waals surface area (Å²) in [6.07, 6.45) is 1.55. The average Bonchev–Trinajstić information content (AvgIpc) is 2.85. The summed E-state index contributed by atoms with van der Waals surface area (Å²) in [4.78, 5) is 12.5. The summed E-state index contributed by atoms with van der Waals surface area (Å²) in [5.74, 6) is 1.39. The third-order valence-corrected chi connectivity index (χ3v) is 5.27. The molecule has 0 unspecified atom stereocenters. The van der Waals surface area contributed by atoms with Crippen LogP contribution in [-0.4, -0.2) is 19.1 Å².